The predicted octanol–water partition coefficient (Wildman–Crippen LogP) is 9.46. The number of nitrogens with one attached hydrogen (secondary N) is 1. The lowest BCUT2D eigenvalue weighted by Crippen LogP contribution is -2.49. The highest BCUT2D eigenvalue weighted by Gasteiger charge is 3.01. The molecule has 5 aromatic rings. The van der Waals surface area contributed by atoms with Crippen LogP contribution in [0.3, 0.4) is 0 Å². The Morgan fingerprint density at radius 2 is 1.28 bits per heavy atom. The molecule has 6 aliphatic rings. The molecule has 3 heterocycles. The van der Waals surface area contributed by atoms with E-state index < -0.39 is 54.6 Å². The summed E-state index contributed by atoms with van der Waals surface area (Å²) in [6.45, 7) is 1.06. The molecule has 3 aliphatic heterocycles. The molecular formula is C60H61Cl2N6O14PS2. The first-order chi connectivity index (χ1) is 40.8. The van der Waals surface area contributed by atoms with Gasteiger partial charge in [-0.05, 0) is 71.7 Å². The molecule has 0 bridgehead atoms. The Kier molecular flexibility index (Phi) is 17.0. The predicted molar refractivity (Wildman–Crippen MR) is 323 cm³/mol. The van der Waals surface area contributed by atoms with Crippen molar-refractivity contribution in [2.45, 2.75) is 74.3 Å². The van der Waals surface area contributed by atoms with Gasteiger partial charge in [0.25, 0.3) is 11.8 Å². The summed E-state index contributed by atoms with van der Waals surface area (Å²) in [5.74, 6) is -1.83. The molecule has 3 N–H and O–H groups in total. The Labute approximate surface area is 507 Å². The van der Waals surface area contributed by atoms with E-state index in [2.05, 4.69) is 5.32 Å². The highest BCUT2D eigenvalue weighted by Crippen LogP contribution is 3.01. The van der Waals surface area contributed by atoms with Gasteiger partial charge in [0, 0.05) is 128 Å². The summed E-state index contributed by atoms with van der Waals surface area (Å²) in [5, 5.41) is 15.2. The van der Waals surface area contributed by atoms with Crippen LogP contribution in [0.5, 0.6) is 11.5 Å². The molecule has 3 saturated carbocycles. The molecule has 85 heavy (non-hydrogen) atoms. The minimum absolute atomic E-state index is 0.0365. The number of hydrogen-bond acceptors (Lipinski definition) is 14. The number of ether oxygens (including phenoxy) is 2. The molecule has 446 valence electrons. The zero-order valence-corrected chi connectivity index (χ0v) is 50.5. The van der Waals surface area contributed by atoms with Gasteiger partial charge in [-0.2, -0.15) is 0 Å². The molecule has 7 amide bonds. The molecule has 3 fully saturated rings. The lowest BCUT2D eigenvalue weighted by Gasteiger charge is -2.37. The van der Waals surface area contributed by atoms with Crippen LogP contribution in [-0.4, -0.2) is 143 Å². The van der Waals surface area contributed by atoms with Crippen molar-refractivity contribution in [2.75, 3.05) is 74.1 Å². The lowest BCUT2D eigenvalue weighted by molar-refractivity contribution is -0.141. The van der Waals surface area contributed by atoms with Crippen molar-refractivity contribution < 1.29 is 66.9 Å². The number of carboxylic acids is 1. The number of halogens is 2. The number of unbranched alkanes of at least 4 members (excludes halogenated alkanes) is 2. The van der Waals surface area contributed by atoms with Crippen molar-refractivity contribution in [1.29, 1.82) is 0 Å². The quantitative estimate of drug-likeness (QED) is 0.0171. The number of carbonyl (C=O) groups is 8. The van der Waals surface area contributed by atoms with E-state index in [-0.39, 0.29) is 97.1 Å². The topological polar surface area (TPSA) is 250 Å². The smallest absolute Gasteiger partial charge is 0.415 e. The number of fused-ring (bicyclic) bond motifs is 6. The van der Waals surface area contributed by atoms with Crippen LogP contribution in [0.15, 0.2) is 102 Å². The van der Waals surface area contributed by atoms with Gasteiger partial charge in [-0.1, -0.05) is 88.7 Å². The Balaban J connectivity index is 0.661. The van der Waals surface area contributed by atoms with Crippen molar-refractivity contribution in [1.82, 2.24) is 20.0 Å². The van der Waals surface area contributed by atoms with Crippen molar-refractivity contribution in [3.63, 3.8) is 0 Å². The van der Waals surface area contributed by atoms with Gasteiger partial charge < -0.3 is 48.9 Å². The highest BCUT2D eigenvalue weighted by atomic mass is 35.5. The fourth-order valence-corrected chi connectivity index (χ4v) is 16.2. The third-order valence-corrected chi connectivity index (χ3v) is 21.1. The van der Waals surface area contributed by atoms with E-state index in [0.29, 0.717) is 79.3 Å². The van der Waals surface area contributed by atoms with E-state index >= 15 is 4.79 Å². The van der Waals surface area contributed by atoms with Gasteiger partial charge in [0.05, 0.1) is 22.2 Å². The molecule has 7 atom stereocenters. The van der Waals surface area contributed by atoms with Gasteiger partial charge in [0.1, 0.15) is 24.1 Å². The van der Waals surface area contributed by atoms with Crippen molar-refractivity contribution in [3.05, 3.63) is 114 Å². The first kappa shape index (κ1) is 59.9. The number of alkyl halides is 2. The van der Waals surface area contributed by atoms with Crippen LogP contribution in [0.1, 0.15) is 73.5 Å². The number of imide groups is 1. The summed E-state index contributed by atoms with van der Waals surface area (Å²) >= 11 is 13.2. The summed E-state index contributed by atoms with van der Waals surface area (Å²) in [5.41, 5.74) is 1.65. The molecule has 11 rings (SSSR count). The first-order valence-electron chi connectivity index (χ1n) is 27.9. The number of rotatable bonds is 24. The third kappa shape index (κ3) is 11.1. The second-order valence-corrected chi connectivity index (χ2v) is 26.4. The summed E-state index contributed by atoms with van der Waals surface area (Å²) in [4.78, 5) is 123. The zero-order valence-electron chi connectivity index (χ0n) is 46.4. The zero-order chi connectivity index (χ0) is 60.1. The average molecular weight is 1260 g/mol. The monoisotopic (exact) mass is 1250 g/mol. The number of carbonyl (C=O) groups excluding carboxylic acids is 7. The highest BCUT2D eigenvalue weighted by molar-refractivity contribution is 8.76. The number of nitrogens with zero attached hydrogens (tertiary/aromatic N) is 5. The second-order valence-electron chi connectivity index (χ2n) is 22.6. The maximum absolute atomic E-state index is 15.1. The van der Waals surface area contributed by atoms with Crippen LogP contribution in [0.25, 0.3) is 21.5 Å². The molecule has 0 aromatic heterocycles. The largest absolute Gasteiger partial charge is 0.480 e. The van der Waals surface area contributed by atoms with Crippen LogP contribution >= 0.6 is 53.0 Å². The number of benzene rings is 5. The number of anilines is 2. The van der Waals surface area contributed by atoms with E-state index in [1.54, 1.807) is 48.2 Å². The number of hydrogen-bond donors (Lipinski definition) is 3. The molecule has 5 aromatic carbocycles. The van der Waals surface area contributed by atoms with Crippen LogP contribution in [0.2, 0.25) is 0 Å². The van der Waals surface area contributed by atoms with E-state index in [0.717, 1.165) is 31.7 Å². The van der Waals surface area contributed by atoms with Gasteiger partial charge >= 0.3 is 26.4 Å². The number of amides is 7. The number of aliphatic carboxylic acids is 1. The average Bonchev–Trinajstić information content (AvgIpc) is 1.40. The van der Waals surface area contributed by atoms with Crippen molar-refractivity contribution in [2.24, 2.45) is 16.2 Å². The molecule has 0 saturated heterocycles. The molecule has 25 heteroatoms. The molecule has 3 aliphatic carbocycles. The molecule has 7 unspecified atom stereocenters. The van der Waals surface area contributed by atoms with E-state index in [1.807, 2.05) is 60.7 Å². The van der Waals surface area contributed by atoms with Crippen molar-refractivity contribution in [3.8, 4) is 11.5 Å². The SMILES string of the molecule is CN(CCN(C)C(=O)Oc1cc2c(c3ccccc13)C(CCl)CN2C(=O)C12CC3(C(=O)N4CC(CCl)c5c4cc(O[PH](=O)O)c4ccccc54)CC13C2)C(=O)OCc1ccc(SSCC(NC(=O)CCCCCN2C(=O)C=CC2=O)C(=O)O)cc1. The van der Waals surface area contributed by atoms with Gasteiger partial charge in [-0.15, -0.1) is 23.2 Å². The Bertz CT molecular complexity index is 3640. The maximum Gasteiger partial charge on any atom is 0.415 e. The van der Waals surface area contributed by atoms with Crippen LogP contribution in [-0.2, 0) is 44.7 Å². The van der Waals surface area contributed by atoms with Gasteiger partial charge in [0.15, 0.2) is 0 Å². The van der Waals surface area contributed by atoms with E-state index in [1.165, 1.54) is 43.5 Å². The Morgan fingerprint density at radius 1 is 0.741 bits per heavy atom. The Morgan fingerprint density at radius 3 is 1.82 bits per heavy atom. The Hall–Kier alpha value is -6.81. The van der Waals surface area contributed by atoms with Gasteiger partial charge in [-0.3, -0.25) is 28.9 Å². The minimum atomic E-state index is -3.36. The van der Waals surface area contributed by atoms with Gasteiger partial charge in [0.2, 0.25) is 17.7 Å². The summed E-state index contributed by atoms with van der Waals surface area (Å²) in [6.07, 6.45) is 4.32. The van der Waals surface area contributed by atoms with Crippen LogP contribution in [0, 0.1) is 16.2 Å². The standard InChI is InChI=1S/C60H61Cl2N6O14PS2/c1-64(56(76)80-30-35-15-17-38(18-16-35)85-84-31-43(53(72)73)63-48(69)14-4-3-9-21-66-49(70)19-20-50(66)71)22-23-65(2)57(77)81-46-24-44-51(41-12-7-5-10-39(41)46)36(26-61)28-67(44)54(74)58-32-59(34-60(58,59)33-58)55(75)68-29-37(27-62)52-42-13-8-6-11-40(42)47(25-45(52)68)82-83(78)79/h5-8,10-13,15-20,24-25,36-37,43,83H,3-4,9,14,21-23,26-34H2,1-2H3,(H,63,69)(H,72,73)(H,78,79). The van der Waals surface area contributed by atoms with Crippen LogP contribution in [0.4, 0.5) is 21.0 Å². The number of carboxylic acid groups (broad SMARTS) is 1. The maximum atomic E-state index is 15.1. The first-order valence-corrected chi connectivity index (χ1v) is 32.5. The molecule has 0 radical (unpaired) electrons. The summed E-state index contributed by atoms with van der Waals surface area (Å²) < 4.78 is 29.0. The number of likely N-dealkylation sites (N-methyl/N-ethyl adjacent to an activating group) is 2. The summed E-state index contributed by atoms with van der Waals surface area (Å²) in [6, 6.07) is 24.3. The van der Waals surface area contributed by atoms with Crippen molar-refractivity contribution >= 4 is 134 Å². The fraction of sp³-hybridized carbons (Fsp3) is 0.400. The fourth-order valence-electron chi connectivity index (χ4n) is 13.2. The molecular weight excluding hydrogens is 1190 g/mol. The normalized spacial score (nSPS) is 22.7. The molecule has 1 spiro atoms. The van der Waals surface area contributed by atoms with Gasteiger partial charge in [-0.25, -0.2) is 18.9 Å². The second kappa shape index (κ2) is 24.2. The summed E-state index contributed by atoms with van der Waals surface area (Å²) in [7, 11) is 2.33. The minimum Gasteiger partial charge on any atom is -0.480 e. The van der Waals surface area contributed by atoms with Crippen LogP contribution < -0.4 is 24.4 Å². The third-order valence-electron chi connectivity index (χ3n) is 17.6. The molecule has 20 nitrogen and oxygen atoms in total. The van der Waals surface area contributed by atoms with E-state index in [4.69, 9.17) is 37.2 Å². The lowest BCUT2D eigenvalue weighted by atomic mass is 9.72. The van der Waals surface area contributed by atoms with E-state index in [9.17, 15) is 48.1 Å².